The Balaban J connectivity index is 1.84. The first kappa shape index (κ1) is 11.1. The molecule has 0 spiro atoms. The minimum absolute atomic E-state index is 0.959. The summed E-state index contributed by atoms with van der Waals surface area (Å²) in [5.41, 5.74) is 0. The van der Waals surface area contributed by atoms with E-state index in [-0.39, 0.29) is 0 Å². The fourth-order valence-electron chi connectivity index (χ4n) is 2.43. The molecule has 1 aliphatic carbocycles. The van der Waals surface area contributed by atoms with Gasteiger partial charge >= 0.3 is 0 Å². The maximum absolute atomic E-state index is 2.38. The normalized spacial score (nSPS) is 29.8. The smallest absolute Gasteiger partial charge is 0.0409 e. The Morgan fingerprint density at radius 3 is 2.46 bits per heavy atom. The molecule has 0 aromatic rings. The van der Waals surface area contributed by atoms with Crippen molar-refractivity contribution in [3.8, 4) is 0 Å². The Kier molecular flexibility index (Phi) is 4.83. The minimum atomic E-state index is 0.959. The highest BCUT2D eigenvalue weighted by Crippen LogP contribution is 2.36. The summed E-state index contributed by atoms with van der Waals surface area (Å²) in [5, 5.41) is 0. The Labute approximate surface area is 84.1 Å². The highest BCUT2D eigenvalue weighted by molar-refractivity contribution is 4.75. The second kappa shape index (κ2) is 5.67. The van der Waals surface area contributed by atoms with Crippen LogP contribution in [0.4, 0.5) is 0 Å². The lowest BCUT2D eigenvalue weighted by atomic mass is 9.73. The molecule has 13 heavy (non-hydrogen) atoms. The average Bonchev–Trinajstić information content (AvgIpc) is 2.08. The molecular weight excluding hydrogens is 156 g/mol. The summed E-state index contributed by atoms with van der Waals surface area (Å²) < 4.78 is 0. The zero-order valence-electron chi connectivity index (χ0n) is 9.68. The van der Waals surface area contributed by atoms with Crippen LogP contribution in [-0.4, -0.2) is 0 Å². The molecule has 1 fully saturated rings. The van der Waals surface area contributed by atoms with E-state index in [2.05, 4.69) is 20.8 Å². The lowest BCUT2D eigenvalue weighted by Gasteiger charge is -2.32. The van der Waals surface area contributed by atoms with E-state index in [9.17, 15) is 0 Å². The summed E-state index contributed by atoms with van der Waals surface area (Å²) in [6, 6.07) is 0. The van der Waals surface area contributed by atoms with E-state index in [1.165, 1.54) is 44.9 Å². The second-order valence-electron chi connectivity index (χ2n) is 5.24. The van der Waals surface area contributed by atoms with Crippen LogP contribution in [0.15, 0.2) is 0 Å². The molecule has 78 valence electrons. The zero-order valence-corrected chi connectivity index (χ0v) is 9.68. The van der Waals surface area contributed by atoms with E-state index in [1.807, 2.05) is 0 Å². The van der Waals surface area contributed by atoms with Crippen molar-refractivity contribution in [3.63, 3.8) is 0 Å². The van der Waals surface area contributed by atoms with Gasteiger partial charge in [0, 0.05) is 0 Å². The predicted molar refractivity (Wildman–Crippen MR) is 59.8 cm³/mol. The van der Waals surface area contributed by atoms with Crippen LogP contribution < -0.4 is 0 Å². The summed E-state index contributed by atoms with van der Waals surface area (Å²) in [5.74, 6) is 3.10. The van der Waals surface area contributed by atoms with E-state index < -0.39 is 0 Å². The molecule has 0 heteroatoms. The van der Waals surface area contributed by atoms with Crippen LogP contribution in [0, 0.1) is 17.8 Å². The van der Waals surface area contributed by atoms with Crippen molar-refractivity contribution in [3.05, 3.63) is 0 Å². The molecule has 0 saturated heterocycles. The molecule has 0 aliphatic heterocycles. The highest BCUT2D eigenvalue weighted by Gasteiger charge is 2.24. The molecule has 0 nitrogen and oxygen atoms in total. The first-order valence-electron chi connectivity index (χ1n) is 6.22. The van der Waals surface area contributed by atoms with E-state index in [0.29, 0.717) is 0 Å². The van der Waals surface area contributed by atoms with Crippen LogP contribution in [0.5, 0.6) is 0 Å². The number of rotatable bonds is 6. The van der Waals surface area contributed by atoms with Gasteiger partial charge in [-0.1, -0.05) is 52.9 Å². The topological polar surface area (TPSA) is 0 Å². The molecule has 1 aliphatic rings. The van der Waals surface area contributed by atoms with E-state index >= 15 is 0 Å². The number of hydrogen-bond acceptors (Lipinski definition) is 0. The van der Waals surface area contributed by atoms with Gasteiger partial charge in [-0.15, -0.1) is 0 Å². The van der Waals surface area contributed by atoms with Crippen molar-refractivity contribution < 1.29 is 0 Å². The molecule has 1 saturated carbocycles. The quantitative estimate of drug-likeness (QED) is 0.525. The van der Waals surface area contributed by atoms with Crippen LogP contribution >= 0.6 is 0 Å². The van der Waals surface area contributed by atoms with Crippen molar-refractivity contribution in [2.24, 2.45) is 17.8 Å². The third-order valence-electron chi connectivity index (χ3n) is 3.73. The maximum Gasteiger partial charge on any atom is -0.0409 e. The number of unbranched alkanes of at least 4 members (excludes halogenated alkanes) is 1. The Bertz CT molecular complexity index is 122. The van der Waals surface area contributed by atoms with Crippen molar-refractivity contribution >= 4 is 0 Å². The van der Waals surface area contributed by atoms with Gasteiger partial charge < -0.3 is 0 Å². The molecule has 0 bridgehead atoms. The summed E-state index contributed by atoms with van der Waals surface area (Å²) in [7, 11) is 0. The molecule has 0 amide bonds. The molecule has 1 atom stereocenters. The molecule has 0 aromatic carbocycles. The average molecular weight is 182 g/mol. The van der Waals surface area contributed by atoms with E-state index in [0.717, 1.165) is 17.8 Å². The van der Waals surface area contributed by atoms with Crippen molar-refractivity contribution in [1.29, 1.82) is 0 Å². The maximum atomic E-state index is 2.38. The molecule has 1 unspecified atom stereocenters. The first-order valence-corrected chi connectivity index (χ1v) is 6.22. The van der Waals surface area contributed by atoms with E-state index in [1.54, 1.807) is 0 Å². The SMILES string of the molecule is CCC(C)CCCCC1CC(C)C1. The van der Waals surface area contributed by atoms with Crippen LogP contribution in [0.2, 0.25) is 0 Å². The largest absolute Gasteiger partial charge is 0.0651 e. The van der Waals surface area contributed by atoms with E-state index in [4.69, 9.17) is 0 Å². The van der Waals surface area contributed by atoms with Crippen molar-refractivity contribution in [1.82, 2.24) is 0 Å². The third kappa shape index (κ3) is 4.15. The van der Waals surface area contributed by atoms with Gasteiger partial charge in [0.15, 0.2) is 0 Å². The molecule has 0 heterocycles. The van der Waals surface area contributed by atoms with Gasteiger partial charge in [-0.2, -0.15) is 0 Å². The van der Waals surface area contributed by atoms with Crippen LogP contribution in [-0.2, 0) is 0 Å². The summed E-state index contributed by atoms with van der Waals surface area (Å²) in [6.07, 6.45) is 10.3. The Morgan fingerprint density at radius 2 is 1.92 bits per heavy atom. The van der Waals surface area contributed by atoms with Crippen LogP contribution in [0.25, 0.3) is 0 Å². The Hall–Kier alpha value is 0. The molecule has 0 N–H and O–H groups in total. The van der Waals surface area contributed by atoms with Gasteiger partial charge in [0.2, 0.25) is 0 Å². The zero-order chi connectivity index (χ0) is 9.68. The fraction of sp³-hybridized carbons (Fsp3) is 1.00. The lowest BCUT2D eigenvalue weighted by molar-refractivity contribution is 0.194. The summed E-state index contributed by atoms with van der Waals surface area (Å²) >= 11 is 0. The fourth-order valence-corrected chi connectivity index (χ4v) is 2.43. The summed E-state index contributed by atoms with van der Waals surface area (Å²) in [6.45, 7) is 7.07. The minimum Gasteiger partial charge on any atom is -0.0651 e. The van der Waals surface area contributed by atoms with Crippen LogP contribution in [0.1, 0.15) is 65.7 Å². The van der Waals surface area contributed by atoms with Gasteiger partial charge in [0.05, 0.1) is 0 Å². The number of hydrogen-bond donors (Lipinski definition) is 0. The third-order valence-corrected chi connectivity index (χ3v) is 3.73. The van der Waals surface area contributed by atoms with Crippen LogP contribution in [0.3, 0.4) is 0 Å². The standard InChI is InChI=1S/C13H26/c1-4-11(2)7-5-6-8-13-9-12(3)10-13/h11-13H,4-10H2,1-3H3. The molecular formula is C13H26. The molecule has 0 aromatic heterocycles. The monoisotopic (exact) mass is 182 g/mol. The van der Waals surface area contributed by atoms with Crippen molar-refractivity contribution in [2.75, 3.05) is 0 Å². The van der Waals surface area contributed by atoms with Crippen molar-refractivity contribution in [2.45, 2.75) is 65.7 Å². The Morgan fingerprint density at radius 1 is 1.23 bits per heavy atom. The summed E-state index contributed by atoms with van der Waals surface area (Å²) in [4.78, 5) is 0. The van der Waals surface area contributed by atoms with Gasteiger partial charge in [-0.05, 0) is 30.6 Å². The molecule has 1 rings (SSSR count). The lowest BCUT2D eigenvalue weighted by Crippen LogP contribution is -2.20. The van der Waals surface area contributed by atoms with Gasteiger partial charge in [0.1, 0.15) is 0 Å². The van der Waals surface area contributed by atoms with Gasteiger partial charge in [-0.25, -0.2) is 0 Å². The second-order valence-corrected chi connectivity index (χ2v) is 5.24. The van der Waals surface area contributed by atoms with Gasteiger partial charge in [0.25, 0.3) is 0 Å². The van der Waals surface area contributed by atoms with Gasteiger partial charge in [-0.3, -0.25) is 0 Å². The molecule has 0 radical (unpaired) electrons. The predicted octanol–water partition coefficient (Wildman–Crippen LogP) is 4.64. The first-order chi connectivity index (χ1) is 6.22. The highest BCUT2D eigenvalue weighted by atomic mass is 14.3.